The number of hydrogen-bond acceptors (Lipinski definition) is 2. The molecule has 1 aliphatic heterocycles. The first-order valence-corrected chi connectivity index (χ1v) is 8.84. The van der Waals surface area contributed by atoms with Gasteiger partial charge in [0.2, 0.25) is 5.91 Å². The predicted octanol–water partition coefficient (Wildman–Crippen LogP) is 2.37. The lowest BCUT2D eigenvalue weighted by atomic mass is 9.94. The van der Waals surface area contributed by atoms with Gasteiger partial charge in [0.05, 0.1) is 0 Å². The first kappa shape index (κ1) is 18.8. The van der Waals surface area contributed by atoms with E-state index in [1.54, 1.807) is 0 Å². The molecule has 2 unspecified atom stereocenters. The monoisotopic (exact) mass is 310 g/mol. The summed E-state index contributed by atoms with van der Waals surface area (Å²) < 4.78 is 0. The van der Waals surface area contributed by atoms with E-state index < -0.39 is 0 Å². The number of likely N-dealkylation sites (tertiary alicyclic amines) is 1. The molecule has 1 aliphatic rings. The van der Waals surface area contributed by atoms with Crippen molar-refractivity contribution < 1.29 is 4.79 Å². The van der Waals surface area contributed by atoms with Crippen molar-refractivity contribution in [3.05, 3.63) is 0 Å². The van der Waals surface area contributed by atoms with Crippen LogP contribution in [-0.2, 0) is 4.79 Å². The molecular weight excluding hydrogens is 276 g/mol. The molecule has 1 rings (SSSR count). The molecule has 5 heteroatoms. The summed E-state index contributed by atoms with van der Waals surface area (Å²) in [6.07, 6.45) is 7.71. The zero-order chi connectivity index (χ0) is 16.4. The third-order valence-corrected chi connectivity index (χ3v) is 4.61. The Bertz CT molecular complexity index is 357. The summed E-state index contributed by atoms with van der Waals surface area (Å²) in [7, 11) is 1.84. The molecule has 1 heterocycles. The maximum atomic E-state index is 11.1. The zero-order valence-electron chi connectivity index (χ0n) is 14.6. The average Bonchev–Trinajstić information content (AvgIpc) is 2.50. The number of carbonyl (C=O) groups excluding carboxylic acids is 1. The molecule has 1 saturated heterocycles. The minimum Gasteiger partial charge on any atom is -0.370 e. The Balaban J connectivity index is 2.47. The second kappa shape index (κ2) is 10.5. The van der Waals surface area contributed by atoms with Crippen LogP contribution >= 0.6 is 0 Å². The van der Waals surface area contributed by atoms with Gasteiger partial charge in [-0.25, -0.2) is 0 Å². The van der Waals surface area contributed by atoms with Crippen LogP contribution in [0.4, 0.5) is 0 Å². The number of carbonyl (C=O) groups is 1. The van der Waals surface area contributed by atoms with Crippen molar-refractivity contribution in [2.45, 2.75) is 58.8 Å². The number of nitrogens with one attached hydrogen (secondary N) is 1. The number of amides is 1. The van der Waals surface area contributed by atoms with Crippen LogP contribution in [0.25, 0.3) is 0 Å². The lowest BCUT2D eigenvalue weighted by molar-refractivity contribution is -0.119. The van der Waals surface area contributed by atoms with Gasteiger partial charge < -0.3 is 16.0 Å². The molecule has 0 aliphatic carbocycles. The minimum atomic E-state index is -0.194. The Hall–Kier alpha value is -1.26. The van der Waals surface area contributed by atoms with E-state index in [9.17, 15) is 4.79 Å². The van der Waals surface area contributed by atoms with E-state index in [-0.39, 0.29) is 5.91 Å². The van der Waals surface area contributed by atoms with Gasteiger partial charge in [-0.2, -0.15) is 0 Å². The average molecular weight is 310 g/mol. The van der Waals surface area contributed by atoms with Crippen LogP contribution < -0.4 is 11.1 Å². The summed E-state index contributed by atoms with van der Waals surface area (Å²) in [6, 6.07) is 0. The second-order valence-electron chi connectivity index (χ2n) is 6.47. The number of nitrogens with two attached hydrogens (primary N) is 1. The van der Waals surface area contributed by atoms with Gasteiger partial charge in [-0.05, 0) is 31.1 Å². The molecule has 3 N–H and O–H groups in total. The van der Waals surface area contributed by atoms with Crippen molar-refractivity contribution in [1.29, 1.82) is 0 Å². The fourth-order valence-corrected chi connectivity index (χ4v) is 3.22. The number of rotatable bonds is 8. The SMILES string of the molecule is CCCCC(CC)CNC(=NC)N1CCCC(CC(N)=O)C1. The number of guanidine groups is 1. The van der Waals surface area contributed by atoms with Crippen LogP contribution in [0.5, 0.6) is 0 Å². The van der Waals surface area contributed by atoms with Crippen LogP contribution in [0.1, 0.15) is 58.8 Å². The highest BCUT2D eigenvalue weighted by atomic mass is 16.1. The minimum absolute atomic E-state index is 0.194. The predicted molar refractivity (Wildman–Crippen MR) is 92.8 cm³/mol. The Morgan fingerprint density at radius 2 is 2.23 bits per heavy atom. The molecule has 128 valence electrons. The third kappa shape index (κ3) is 6.67. The summed E-state index contributed by atoms with van der Waals surface area (Å²) in [5.74, 6) is 1.86. The number of piperidine rings is 1. The van der Waals surface area contributed by atoms with E-state index in [4.69, 9.17) is 5.73 Å². The summed E-state index contributed by atoms with van der Waals surface area (Å²) in [5, 5.41) is 3.53. The molecule has 1 amide bonds. The molecule has 0 aromatic heterocycles. The molecule has 0 spiro atoms. The Morgan fingerprint density at radius 3 is 2.82 bits per heavy atom. The van der Waals surface area contributed by atoms with Crippen LogP contribution in [0.2, 0.25) is 0 Å². The van der Waals surface area contributed by atoms with Gasteiger partial charge in [-0.1, -0.05) is 33.1 Å². The molecule has 22 heavy (non-hydrogen) atoms. The quantitative estimate of drug-likeness (QED) is 0.534. The molecule has 0 aromatic rings. The van der Waals surface area contributed by atoms with Crippen LogP contribution in [0, 0.1) is 11.8 Å². The first-order valence-electron chi connectivity index (χ1n) is 8.84. The Labute approximate surface area is 135 Å². The van der Waals surface area contributed by atoms with Crippen LogP contribution in [0.15, 0.2) is 4.99 Å². The first-order chi connectivity index (χ1) is 10.6. The van der Waals surface area contributed by atoms with Gasteiger partial charge in [-0.15, -0.1) is 0 Å². The van der Waals surface area contributed by atoms with Gasteiger partial charge >= 0.3 is 0 Å². The molecule has 1 fully saturated rings. The fourth-order valence-electron chi connectivity index (χ4n) is 3.22. The Morgan fingerprint density at radius 1 is 1.45 bits per heavy atom. The van der Waals surface area contributed by atoms with Crippen molar-refractivity contribution in [3.63, 3.8) is 0 Å². The van der Waals surface area contributed by atoms with Gasteiger partial charge in [0.25, 0.3) is 0 Å². The van der Waals surface area contributed by atoms with Crippen LogP contribution in [0.3, 0.4) is 0 Å². The largest absolute Gasteiger partial charge is 0.370 e. The summed E-state index contributed by atoms with van der Waals surface area (Å²) >= 11 is 0. The Kier molecular flexibility index (Phi) is 8.94. The van der Waals surface area contributed by atoms with E-state index in [2.05, 4.69) is 29.1 Å². The highest BCUT2D eigenvalue weighted by molar-refractivity contribution is 5.80. The number of primary amides is 1. The zero-order valence-corrected chi connectivity index (χ0v) is 14.6. The van der Waals surface area contributed by atoms with Gasteiger partial charge in [0, 0.05) is 33.1 Å². The van der Waals surface area contributed by atoms with Crippen LogP contribution in [-0.4, -0.2) is 43.4 Å². The van der Waals surface area contributed by atoms with Gasteiger partial charge in [0.15, 0.2) is 5.96 Å². The molecule has 5 nitrogen and oxygen atoms in total. The van der Waals surface area contributed by atoms with Gasteiger partial charge in [-0.3, -0.25) is 9.79 Å². The standard InChI is InChI=1S/C17H34N4O/c1-4-6-8-14(5-2)12-20-17(19-3)21-10-7-9-15(13-21)11-16(18)22/h14-15H,4-13H2,1-3H3,(H2,18,22)(H,19,20). The van der Waals surface area contributed by atoms with Crippen molar-refractivity contribution in [2.24, 2.45) is 22.6 Å². The fraction of sp³-hybridized carbons (Fsp3) is 0.882. The van der Waals surface area contributed by atoms with E-state index in [0.717, 1.165) is 38.4 Å². The topological polar surface area (TPSA) is 70.7 Å². The van der Waals surface area contributed by atoms with E-state index in [1.165, 1.54) is 25.7 Å². The third-order valence-electron chi connectivity index (χ3n) is 4.61. The number of nitrogens with zero attached hydrogens (tertiary/aromatic N) is 2. The highest BCUT2D eigenvalue weighted by Gasteiger charge is 2.23. The van der Waals surface area contributed by atoms with Crippen molar-refractivity contribution in [3.8, 4) is 0 Å². The number of hydrogen-bond donors (Lipinski definition) is 2. The van der Waals surface area contributed by atoms with Gasteiger partial charge in [0.1, 0.15) is 0 Å². The van der Waals surface area contributed by atoms with E-state index in [0.29, 0.717) is 18.3 Å². The maximum absolute atomic E-state index is 11.1. The lowest BCUT2D eigenvalue weighted by Gasteiger charge is -2.35. The van der Waals surface area contributed by atoms with Crippen molar-refractivity contribution in [1.82, 2.24) is 10.2 Å². The molecule has 0 saturated carbocycles. The number of aliphatic imine (C=N–C) groups is 1. The maximum Gasteiger partial charge on any atom is 0.217 e. The molecular formula is C17H34N4O. The summed E-state index contributed by atoms with van der Waals surface area (Å²) in [4.78, 5) is 17.8. The number of unbranched alkanes of at least 4 members (excludes halogenated alkanes) is 1. The molecule has 0 bridgehead atoms. The second-order valence-corrected chi connectivity index (χ2v) is 6.47. The smallest absolute Gasteiger partial charge is 0.217 e. The lowest BCUT2D eigenvalue weighted by Crippen LogP contribution is -2.48. The van der Waals surface area contributed by atoms with Crippen molar-refractivity contribution >= 4 is 11.9 Å². The molecule has 2 atom stereocenters. The van der Waals surface area contributed by atoms with Crippen molar-refractivity contribution in [2.75, 3.05) is 26.7 Å². The van der Waals surface area contributed by atoms with E-state index >= 15 is 0 Å². The summed E-state index contributed by atoms with van der Waals surface area (Å²) in [6.45, 7) is 7.38. The normalized spacial score (nSPS) is 20.8. The summed E-state index contributed by atoms with van der Waals surface area (Å²) in [5.41, 5.74) is 5.34. The molecule has 0 radical (unpaired) electrons. The highest BCUT2D eigenvalue weighted by Crippen LogP contribution is 2.19. The van der Waals surface area contributed by atoms with E-state index in [1.807, 2.05) is 7.05 Å². The molecule has 0 aromatic carbocycles.